The molecule has 4 aromatic rings. The number of hydrogen-bond acceptors (Lipinski definition) is 6. The van der Waals surface area contributed by atoms with Gasteiger partial charge in [0.25, 0.3) is 5.91 Å². The summed E-state index contributed by atoms with van der Waals surface area (Å²) in [6.45, 7) is 1.41. The maximum absolute atomic E-state index is 13.1. The van der Waals surface area contributed by atoms with E-state index in [4.69, 9.17) is 11.6 Å². The fraction of sp³-hybridized carbons (Fsp3) is 0.0769. The lowest BCUT2D eigenvalue weighted by atomic mass is 10.0. The minimum atomic E-state index is -1.16. The molecular formula is C26H20ClN3O5. The molecule has 4 N–H and O–H groups in total. The molecule has 0 radical (unpaired) electrons. The van der Waals surface area contributed by atoms with Crippen molar-refractivity contribution in [2.75, 3.05) is 5.32 Å². The number of amides is 1. The van der Waals surface area contributed by atoms with Crippen LogP contribution in [0.15, 0.2) is 77.0 Å². The maximum atomic E-state index is 13.1. The molecule has 0 bridgehead atoms. The molecule has 0 fully saturated rings. The number of hydrogen-bond donors (Lipinski definition) is 4. The van der Waals surface area contributed by atoms with Gasteiger partial charge in [-0.25, -0.2) is 4.79 Å². The number of carbonyl (C=O) groups is 2. The molecule has 0 aliphatic rings. The van der Waals surface area contributed by atoms with Crippen LogP contribution in [-0.2, 0) is 6.61 Å². The number of nitrogens with zero attached hydrogens (tertiary/aromatic N) is 2. The molecule has 176 valence electrons. The van der Waals surface area contributed by atoms with Crippen LogP contribution in [0.3, 0.4) is 0 Å². The zero-order valence-corrected chi connectivity index (χ0v) is 19.2. The van der Waals surface area contributed by atoms with Gasteiger partial charge in [0, 0.05) is 21.7 Å². The smallest absolute Gasteiger partial charge is 0.335 e. The number of anilines is 1. The van der Waals surface area contributed by atoms with Crippen LogP contribution >= 0.6 is 11.6 Å². The van der Waals surface area contributed by atoms with Crippen LogP contribution in [0, 0.1) is 6.92 Å². The molecule has 0 atom stereocenters. The van der Waals surface area contributed by atoms with E-state index in [1.807, 2.05) is 0 Å². The van der Waals surface area contributed by atoms with Crippen LogP contribution in [0.4, 0.5) is 17.1 Å². The van der Waals surface area contributed by atoms with Gasteiger partial charge < -0.3 is 20.6 Å². The van der Waals surface area contributed by atoms with Gasteiger partial charge in [-0.1, -0.05) is 41.9 Å². The van der Waals surface area contributed by atoms with E-state index in [0.717, 1.165) is 5.56 Å². The van der Waals surface area contributed by atoms with Crippen LogP contribution in [0.2, 0.25) is 5.02 Å². The van der Waals surface area contributed by atoms with Crippen LogP contribution in [0.5, 0.6) is 5.75 Å². The van der Waals surface area contributed by atoms with Gasteiger partial charge in [-0.15, -0.1) is 5.11 Å². The van der Waals surface area contributed by atoms with Crippen LogP contribution in [0.25, 0.3) is 10.8 Å². The predicted molar refractivity (Wildman–Crippen MR) is 133 cm³/mol. The van der Waals surface area contributed by atoms with Gasteiger partial charge in [-0.3, -0.25) is 4.79 Å². The van der Waals surface area contributed by atoms with Gasteiger partial charge in [0.15, 0.2) is 5.75 Å². The highest BCUT2D eigenvalue weighted by molar-refractivity contribution is 6.30. The molecule has 9 heteroatoms. The topological polar surface area (TPSA) is 132 Å². The number of aliphatic hydroxyl groups is 1. The average molecular weight is 490 g/mol. The molecule has 0 aliphatic carbocycles. The number of halogens is 1. The number of azo groups is 1. The van der Waals surface area contributed by atoms with Crippen molar-refractivity contribution in [2.24, 2.45) is 10.2 Å². The Hall–Kier alpha value is -4.27. The molecule has 4 aromatic carbocycles. The van der Waals surface area contributed by atoms with E-state index < -0.39 is 17.6 Å². The predicted octanol–water partition coefficient (Wildman–Crippen LogP) is 6.37. The number of phenols is 1. The second kappa shape index (κ2) is 9.92. The number of carbonyl (C=O) groups excluding carboxylic acids is 1. The molecule has 8 nitrogen and oxygen atoms in total. The number of aliphatic hydroxyl groups excluding tert-OH is 1. The summed E-state index contributed by atoms with van der Waals surface area (Å²) < 4.78 is 0. The number of phenolic OH excluding ortho intramolecular Hbond substituents is 1. The molecule has 0 spiro atoms. The molecule has 0 aliphatic heterocycles. The van der Waals surface area contributed by atoms with Crippen LogP contribution in [-0.4, -0.2) is 27.2 Å². The average Bonchev–Trinajstić information content (AvgIpc) is 2.84. The summed E-state index contributed by atoms with van der Waals surface area (Å²) >= 11 is 5.99. The van der Waals surface area contributed by atoms with Gasteiger partial charge in [0.2, 0.25) is 0 Å². The summed E-state index contributed by atoms with van der Waals surface area (Å²) in [5, 5.41) is 42.6. The van der Waals surface area contributed by atoms with Gasteiger partial charge >= 0.3 is 5.97 Å². The number of aromatic carboxylic acids is 1. The molecule has 35 heavy (non-hydrogen) atoms. The lowest BCUT2D eigenvalue weighted by molar-refractivity contribution is 0.0696. The third-order valence-corrected chi connectivity index (χ3v) is 5.67. The van der Waals surface area contributed by atoms with E-state index in [1.165, 1.54) is 18.2 Å². The number of benzene rings is 4. The van der Waals surface area contributed by atoms with Gasteiger partial charge in [-0.05, 0) is 54.3 Å². The van der Waals surface area contributed by atoms with E-state index >= 15 is 0 Å². The molecule has 0 saturated heterocycles. The lowest BCUT2D eigenvalue weighted by Gasteiger charge is -2.12. The van der Waals surface area contributed by atoms with Gasteiger partial charge in [-0.2, -0.15) is 5.11 Å². The Balaban J connectivity index is 1.80. The zero-order chi connectivity index (χ0) is 25.1. The van der Waals surface area contributed by atoms with Gasteiger partial charge in [0.05, 0.1) is 23.4 Å². The van der Waals surface area contributed by atoms with E-state index in [2.05, 4.69) is 15.5 Å². The quantitative estimate of drug-likeness (QED) is 0.234. The number of carboxylic acids is 1. The highest BCUT2D eigenvalue weighted by atomic mass is 35.5. The van der Waals surface area contributed by atoms with Crippen molar-refractivity contribution < 1.29 is 24.9 Å². The Kier molecular flexibility index (Phi) is 6.77. The normalized spacial score (nSPS) is 11.2. The van der Waals surface area contributed by atoms with Crippen molar-refractivity contribution in [3.8, 4) is 5.75 Å². The van der Waals surface area contributed by atoms with Gasteiger partial charge in [0.1, 0.15) is 5.69 Å². The molecule has 1 amide bonds. The summed E-state index contributed by atoms with van der Waals surface area (Å²) in [6, 6.07) is 17.7. The number of fused-ring (bicyclic) bond motifs is 1. The molecule has 4 rings (SSSR count). The summed E-state index contributed by atoms with van der Waals surface area (Å²) in [4.78, 5) is 24.4. The summed E-state index contributed by atoms with van der Waals surface area (Å²) in [5.41, 5.74) is 1.75. The number of nitrogens with one attached hydrogen (secondary N) is 1. The summed E-state index contributed by atoms with van der Waals surface area (Å²) in [7, 11) is 0. The van der Waals surface area contributed by atoms with Crippen molar-refractivity contribution >= 4 is 51.3 Å². The molecule has 0 heterocycles. The lowest BCUT2D eigenvalue weighted by Crippen LogP contribution is -2.13. The molecule has 0 aromatic heterocycles. The first kappa shape index (κ1) is 23.9. The fourth-order valence-corrected chi connectivity index (χ4v) is 3.80. The second-order valence-electron chi connectivity index (χ2n) is 7.76. The Morgan fingerprint density at radius 1 is 1.00 bits per heavy atom. The van der Waals surface area contributed by atoms with E-state index in [-0.39, 0.29) is 29.1 Å². The standard InChI is InChI=1S/C26H20ClN3O5/c1-14-10-18(27)8-9-21(14)28-25(33)20-11-15-4-2-3-5-19(15)23(24(20)32)30-29-22-12-16(26(34)35)6-7-17(22)13-31/h2-12,31-32H,13H2,1H3,(H,28,33)(H,34,35)/b30-29+. The monoisotopic (exact) mass is 489 g/mol. The maximum Gasteiger partial charge on any atom is 0.335 e. The number of rotatable bonds is 6. The first-order chi connectivity index (χ1) is 16.8. The van der Waals surface area contributed by atoms with Crippen molar-refractivity contribution in [3.05, 3.63) is 94.0 Å². The largest absolute Gasteiger partial charge is 0.505 e. The minimum absolute atomic E-state index is 0.0198. The first-order valence-electron chi connectivity index (χ1n) is 10.5. The Morgan fingerprint density at radius 2 is 1.77 bits per heavy atom. The van der Waals surface area contributed by atoms with Crippen molar-refractivity contribution in [1.29, 1.82) is 0 Å². The number of carboxylic acid groups (broad SMARTS) is 1. The number of aryl methyl sites for hydroxylation is 1. The third kappa shape index (κ3) is 4.98. The third-order valence-electron chi connectivity index (χ3n) is 5.44. The summed E-state index contributed by atoms with van der Waals surface area (Å²) in [6.07, 6.45) is 0. The van der Waals surface area contributed by atoms with Crippen molar-refractivity contribution in [3.63, 3.8) is 0 Å². The molecular weight excluding hydrogens is 470 g/mol. The van der Waals surface area contributed by atoms with Crippen LogP contribution < -0.4 is 5.32 Å². The van der Waals surface area contributed by atoms with Crippen molar-refractivity contribution in [1.82, 2.24) is 0 Å². The second-order valence-corrected chi connectivity index (χ2v) is 8.20. The van der Waals surface area contributed by atoms with E-state index in [9.17, 15) is 24.9 Å². The Labute approximate surface area is 205 Å². The van der Waals surface area contributed by atoms with E-state index in [1.54, 1.807) is 55.5 Å². The molecule has 0 unspecified atom stereocenters. The highest BCUT2D eigenvalue weighted by Gasteiger charge is 2.19. The van der Waals surface area contributed by atoms with E-state index in [0.29, 0.717) is 27.0 Å². The number of aromatic hydroxyl groups is 1. The SMILES string of the molecule is Cc1cc(Cl)ccc1NC(=O)c1cc2ccccc2c(/N=N/c2cc(C(=O)O)ccc2CO)c1O. The first-order valence-corrected chi connectivity index (χ1v) is 10.9. The Bertz CT molecular complexity index is 1500. The highest BCUT2D eigenvalue weighted by Crippen LogP contribution is 2.40. The molecule has 0 saturated carbocycles. The summed E-state index contributed by atoms with van der Waals surface area (Å²) in [5.74, 6) is -2.11. The minimum Gasteiger partial charge on any atom is -0.505 e. The van der Waals surface area contributed by atoms with Crippen molar-refractivity contribution in [2.45, 2.75) is 13.5 Å². The van der Waals surface area contributed by atoms with Crippen LogP contribution in [0.1, 0.15) is 31.8 Å². The fourth-order valence-electron chi connectivity index (χ4n) is 3.58. The Morgan fingerprint density at radius 3 is 2.49 bits per heavy atom. The zero-order valence-electron chi connectivity index (χ0n) is 18.5.